The Morgan fingerprint density at radius 2 is 2.23 bits per heavy atom. The predicted octanol–water partition coefficient (Wildman–Crippen LogP) is 0.897. The number of aliphatic carboxylic acids is 1. The number of carbonyl (C=O) groups is 1. The van der Waals surface area contributed by atoms with Crippen LogP contribution in [-0.4, -0.2) is 5.97 Å². The summed E-state index contributed by atoms with van der Waals surface area (Å²) >= 11 is 0. The molecule has 0 bridgehead atoms. The first-order chi connectivity index (χ1) is 6.09. The van der Waals surface area contributed by atoms with Crippen LogP contribution < -0.4 is 5.11 Å². The molecule has 1 aromatic rings. The molecule has 68 valence electrons. The number of hydrogen-bond acceptors (Lipinski definition) is 2. The van der Waals surface area contributed by atoms with Crippen LogP contribution in [0.5, 0.6) is 0 Å². The second-order valence-electron chi connectivity index (χ2n) is 2.66. The molecule has 0 saturated carbocycles. The molecular formula is C10H8FO2-. The first-order valence-electron chi connectivity index (χ1n) is 3.75. The van der Waals surface area contributed by atoms with Crippen LogP contribution in [0.3, 0.4) is 0 Å². The largest absolute Gasteiger partial charge is 0.545 e. The molecule has 1 rings (SSSR count). The van der Waals surface area contributed by atoms with Gasteiger partial charge in [-0.05, 0) is 30.2 Å². The Balaban J connectivity index is 2.92. The van der Waals surface area contributed by atoms with Crippen LogP contribution in [0.25, 0.3) is 6.08 Å². The molecule has 13 heavy (non-hydrogen) atoms. The van der Waals surface area contributed by atoms with Crippen LogP contribution in [-0.2, 0) is 4.79 Å². The van der Waals surface area contributed by atoms with Crippen molar-refractivity contribution in [2.75, 3.05) is 0 Å². The first-order valence-corrected chi connectivity index (χ1v) is 3.75. The minimum Gasteiger partial charge on any atom is -0.545 e. The monoisotopic (exact) mass is 179 g/mol. The van der Waals surface area contributed by atoms with Crippen molar-refractivity contribution < 1.29 is 14.3 Å². The zero-order valence-electron chi connectivity index (χ0n) is 7.08. The zero-order chi connectivity index (χ0) is 9.84. The summed E-state index contributed by atoms with van der Waals surface area (Å²) < 4.78 is 12.9. The first kappa shape index (κ1) is 9.45. The second-order valence-corrected chi connectivity index (χ2v) is 2.66. The predicted molar refractivity (Wildman–Crippen MR) is 45.2 cm³/mol. The molecule has 0 N–H and O–H groups in total. The Bertz CT molecular complexity index is 356. The number of carboxylic acids is 1. The molecule has 0 fully saturated rings. The molecule has 0 aliphatic rings. The van der Waals surface area contributed by atoms with Gasteiger partial charge in [-0.15, -0.1) is 0 Å². The van der Waals surface area contributed by atoms with Gasteiger partial charge in [0.05, 0.1) is 5.97 Å². The van der Waals surface area contributed by atoms with E-state index in [0.717, 1.165) is 6.08 Å². The summed E-state index contributed by atoms with van der Waals surface area (Å²) in [6.45, 7) is 1.64. The van der Waals surface area contributed by atoms with Gasteiger partial charge in [-0.3, -0.25) is 0 Å². The van der Waals surface area contributed by atoms with E-state index in [1.165, 1.54) is 12.1 Å². The summed E-state index contributed by atoms with van der Waals surface area (Å²) in [6, 6.07) is 4.50. The Hall–Kier alpha value is -1.64. The highest BCUT2D eigenvalue weighted by molar-refractivity contribution is 5.83. The van der Waals surface area contributed by atoms with Crippen LogP contribution >= 0.6 is 0 Å². The Labute approximate surface area is 75.3 Å². The molecule has 0 radical (unpaired) electrons. The summed E-state index contributed by atoms with van der Waals surface area (Å²) in [5.41, 5.74) is 1.04. The molecule has 0 atom stereocenters. The maximum absolute atomic E-state index is 12.9. The number of hydrogen-bond donors (Lipinski definition) is 0. The summed E-state index contributed by atoms with van der Waals surface area (Å²) in [6.07, 6.45) is 2.15. The molecule has 0 aromatic heterocycles. The van der Waals surface area contributed by atoms with E-state index in [0.29, 0.717) is 11.1 Å². The molecule has 0 heterocycles. The lowest BCUT2D eigenvalue weighted by molar-refractivity contribution is -0.297. The average molecular weight is 179 g/mol. The molecule has 0 aliphatic heterocycles. The smallest absolute Gasteiger partial charge is 0.126 e. The lowest BCUT2D eigenvalue weighted by Gasteiger charge is -1.97. The number of carboxylic acid groups (broad SMARTS) is 1. The highest BCUT2D eigenvalue weighted by atomic mass is 19.1. The van der Waals surface area contributed by atoms with Gasteiger partial charge in [0, 0.05) is 0 Å². The normalized spacial score (nSPS) is 10.6. The number of rotatable bonds is 2. The van der Waals surface area contributed by atoms with E-state index >= 15 is 0 Å². The minimum atomic E-state index is -1.29. The van der Waals surface area contributed by atoms with Gasteiger partial charge < -0.3 is 9.90 Å². The number of aryl methyl sites for hydroxylation is 1. The van der Waals surface area contributed by atoms with Crippen molar-refractivity contribution in [2.45, 2.75) is 6.92 Å². The van der Waals surface area contributed by atoms with Crippen molar-refractivity contribution in [2.24, 2.45) is 0 Å². The van der Waals surface area contributed by atoms with Crippen molar-refractivity contribution in [3.05, 3.63) is 41.2 Å². The molecule has 0 aliphatic carbocycles. The van der Waals surface area contributed by atoms with Crippen LogP contribution in [0.15, 0.2) is 24.3 Å². The SMILES string of the molecule is Cc1ccc(/C=C/C(=O)[O-])cc1F. The molecule has 3 heteroatoms. The van der Waals surface area contributed by atoms with E-state index in [2.05, 4.69) is 0 Å². The second kappa shape index (κ2) is 3.85. The van der Waals surface area contributed by atoms with E-state index < -0.39 is 5.97 Å². The zero-order valence-corrected chi connectivity index (χ0v) is 7.08. The van der Waals surface area contributed by atoms with Gasteiger partial charge in [0.15, 0.2) is 0 Å². The Morgan fingerprint density at radius 1 is 1.54 bits per heavy atom. The van der Waals surface area contributed by atoms with Gasteiger partial charge in [-0.2, -0.15) is 0 Å². The fraction of sp³-hybridized carbons (Fsp3) is 0.100. The van der Waals surface area contributed by atoms with Crippen LogP contribution in [0.1, 0.15) is 11.1 Å². The molecule has 2 nitrogen and oxygen atoms in total. The van der Waals surface area contributed by atoms with Crippen LogP contribution in [0.4, 0.5) is 4.39 Å². The lowest BCUT2D eigenvalue weighted by Crippen LogP contribution is -2.18. The molecule has 0 unspecified atom stereocenters. The van der Waals surface area contributed by atoms with E-state index in [1.54, 1.807) is 19.1 Å². The van der Waals surface area contributed by atoms with Gasteiger partial charge in [0.1, 0.15) is 5.82 Å². The van der Waals surface area contributed by atoms with Crippen molar-refractivity contribution in [1.82, 2.24) is 0 Å². The van der Waals surface area contributed by atoms with E-state index in [9.17, 15) is 14.3 Å². The van der Waals surface area contributed by atoms with E-state index in [4.69, 9.17) is 0 Å². The third kappa shape index (κ3) is 2.71. The van der Waals surface area contributed by atoms with Crippen molar-refractivity contribution >= 4 is 12.0 Å². The van der Waals surface area contributed by atoms with Gasteiger partial charge in [0.2, 0.25) is 0 Å². The quantitative estimate of drug-likeness (QED) is 0.633. The summed E-state index contributed by atoms with van der Waals surface area (Å²) in [5, 5.41) is 10.0. The van der Waals surface area contributed by atoms with Gasteiger partial charge in [0.25, 0.3) is 0 Å². The molecule has 0 saturated heterocycles. The van der Waals surface area contributed by atoms with Crippen molar-refractivity contribution in [1.29, 1.82) is 0 Å². The lowest BCUT2D eigenvalue weighted by atomic mass is 10.1. The van der Waals surface area contributed by atoms with E-state index in [-0.39, 0.29) is 5.82 Å². The molecule has 0 amide bonds. The molecule has 1 aromatic carbocycles. The maximum Gasteiger partial charge on any atom is 0.126 e. The average Bonchev–Trinajstić information content (AvgIpc) is 2.07. The summed E-state index contributed by atoms with van der Waals surface area (Å²) in [4.78, 5) is 10.0. The van der Waals surface area contributed by atoms with Gasteiger partial charge >= 0.3 is 0 Å². The fourth-order valence-corrected chi connectivity index (χ4v) is 0.877. The fourth-order valence-electron chi connectivity index (χ4n) is 0.877. The van der Waals surface area contributed by atoms with Crippen molar-refractivity contribution in [3.63, 3.8) is 0 Å². The van der Waals surface area contributed by atoms with Gasteiger partial charge in [-0.1, -0.05) is 18.2 Å². The molecular weight excluding hydrogens is 171 g/mol. The van der Waals surface area contributed by atoms with Crippen LogP contribution in [0, 0.1) is 12.7 Å². The highest BCUT2D eigenvalue weighted by Crippen LogP contribution is 2.10. The Kier molecular flexibility index (Phi) is 2.80. The topological polar surface area (TPSA) is 40.1 Å². The highest BCUT2D eigenvalue weighted by Gasteiger charge is 1.95. The summed E-state index contributed by atoms with van der Waals surface area (Å²) in [7, 11) is 0. The van der Waals surface area contributed by atoms with Crippen LogP contribution in [0.2, 0.25) is 0 Å². The number of carbonyl (C=O) groups excluding carboxylic acids is 1. The Morgan fingerprint density at radius 3 is 2.77 bits per heavy atom. The number of benzene rings is 1. The number of halogens is 1. The van der Waals surface area contributed by atoms with Gasteiger partial charge in [-0.25, -0.2) is 4.39 Å². The third-order valence-corrected chi connectivity index (χ3v) is 1.61. The van der Waals surface area contributed by atoms with E-state index in [1.807, 2.05) is 0 Å². The molecule has 0 spiro atoms. The standard InChI is InChI=1S/C10H9FO2/c1-7-2-3-8(6-9(7)11)4-5-10(12)13/h2-6H,1H3,(H,12,13)/p-1/b5-4+. The maximum atomic E-state index is 12.9. The minimum absolute atomic E-state index is 0.347. The summed E-state index contributed by atoms with van der Waals surface area (Å²) in [5.74, 6) is -1.64. The third-order valence-electron chi connectivity index (χ3n) is 1.61. The van der Waals surface area contributed by atoms with Crippen molar-refractivity contribution in [3.8, 4) is 0 Å².